The average Bonchev–Trinajstić information content (AvgIpc) is 4.03. The van der Waals surface area contributed by atoms with Crippen molar-refractivity contribution in [1.82, 2.24) is 0 Å². The molecule has 2 aromatic heterocycles. The zero-order valence-corrected chi connectivity index (χ0v) is 38.2. The van der Waals surface area contributed by atoms with Gasteiger partial charge in [0.1, 0.15) is 33.0 Å². The van der Waals surface area contributed by atoms with Crippen LogP contribution in [-0.2, 0) is 10.8 Å². The molecule has 0 amide bonds. The summed E-state index contributed by atoms with van der Waals surface area (Å²) >= 11 is 7.51. The first-order valence-corrected chi connectivity index (χ1v) is 25.3. The van der Waals surface area contributed by atoms with Crippen molar-refractivity contribution in [2.24, 2.45) is 0 Å². The van der Waals surface area contributed by atoms with Crippen LogP contribution in [0.15, 0.2) is 226 Å². The highest BCUT2D eigenvalue weighted by molar-refractivity contribution is 8.00. The first-order chi connectivity index (χ1) is 32.7. The summed E-state index contributed by atoms with van der Waals surface area (Å²) in [4.78, 5) is 12.5. The molecule has 0 bridgehead atoms. The minimum Gasteiger partial charge on any atom is -0.457 e. The highest BCUT2D eigenvalue weighted by Gasteiger charge is 2.61. The van der Waals surface area contributed by atoms with Crippen molar-refractivity contribution < 1.29 is 9.47 Å². The number of ether oxygens (including phenoxy) is 2. The van der Waals surface area contributed by atoms with Crippen LogP contribution in [0.2, 0.25) is 0 Å². The standard InChI is InChI=1S/C58H34N2O2S4/c1-9-25-45-35(17-1)57(36-18-2-10-26-46(36)61-45)39-33-53(59-41-21-5-13-29-49(41)63-50-30-14-6-22-42(50)59)66-56(39)58(37-19-3-11-27-47(37)62-48-28-12-4-20-38(48)58)40-34-54(65-55(40)57)60-43-23-7-15-31-51(43)64-52-32-16-8-24-44(52)60/h1-34H. The largest absolute Gasteiger partial charge is 0.457 e. The average molecular weight is 919 g/mol. The molecule has 0 fully saturated rings. The Morgan fingerprint density at radius 2 is 0.576 bits per heavy atom. The van der Waals surface area contributed by atoms with Gasteiger partial charge >= 0.3 is 0 Å². The third kappa shape index (κ3) is 4.81. The summed E-state index contributed by atoms with van der Waals surface area (Å²) in [7, 11) is 0. The summed E-state index contributed by atoms with van der Waals surface area (Å²) in [5.41, 5.74) is 10.2. The van der Waals surface area contributed by atoms with E-state index >= 15 is 0 Å². The van der Waals surface area contributed by atoms with E-state index in [2.05, 4.69) is 216 Å². The Morgan fingerprint density at radius 3 is 0.894 bits per heavy atom. The van der Waals surface area contributed by atoms with Gasteiger partial charge in [-0.25, -0.2) is 0 Å². The molecule has 15 rings (SSSR count). The quantitative estimate of drug-likeness (QED) is 0.171. The second-order valence-corrected chi connectivity index (χ2v) is 21.3. The lowest BCUT2D eigenvalue weighted by Gasteiger charge is -2.50. The van der Waals surface area contributed by atoms with Crippen molar-refractivity contribution in [3.05, 3.63) is 249 Å². The molecular weight excluding hydrogens is 885 g/mol. The summed E-state index contributed by atoms with van der Waals surface area (Å²) < 4.78 is 14.0. The SMILES string of the molecule is c1ccc2c(c1)Oc1ccccc1C21c2cc(N3c4ccccc4Sc4ccccc43)sc2C2(c3ccccc3Oc3ccccc32)c2cc(N3c4ccccc4Sc4ccccc43)sc21. The van der Waals surface area contributed by atoms with Crippen LogP contribution >= 0.6 is 46.2 Å². The van der Waals surface area contributed by atoms with Gasteiger partial charge in [0.15, 0.2) is 0 Å². The Kier molecular flexibility index (Phi) is 7.80. The van der Waals surface area contributed by atoms with Crippen LogP contribution in [0.3, 0.4) is 0 Å². The van der Waals surface area contributed by atoms with Crippen molar-refractivity contribution >= 4 is 78.9 Å². The van der Waals surface area contributed by atoms with E-state index in [9.17, 15) is 0 Å². The molecule has 2 spiro atoms. The van der Waals surface area contributed by atoms with Crippen molar-refractivity contribution in [2.75, 3.05) is 9.80 Å². The normalized spacial score (nSPS) is 15.6. The van der Waals surface area contributed by atoms with Gasteiger partial charge in [-0.2, -0.15) is 0 Å². The van der Waals surface area contributed by atoms with E-state index in [-0.39, 0.29) is 0 Å². The third-order valence-corrected chi connectivity index (χ3v) is 18.6. The zero-order chi connectivity index (χ0) is 43.1. The van der Waals surface area contributed by atoms with Crippen LogP contribution in [-0.4, -0.2) is 0 Å². The number of rotatable bonds is 2. The highest BCUT2D eigenvalue weighted by Crippen LogP contribution is 2.72. The van der Waals surface area contributed by atoms with Gasteiger partial charge in [0.05, 0.1) is 33.6 Å². The minimum absolute atomic E-state index is 0.769. The van der Waals surface area contributed by atoms with Gasteiger partial charge < -0.3 is 9.47 Å². The van der Waals surface area contributed by atoms with E-state index in [1.807, 2.05) is 46.2 Å². The predicted molar refractivity (Wildman–Crippen MR) is 270 cm³/mol. The van der Waals surface area contributed by atoms with E-state index in [0.717, 1.165) is 55.3 Å². The Morgan fingerprint density at radius 1 is 0.303 bits per heavy atom. The van der Waals surface area contributed by atoms with E-state index in [4.69, 9.17) is 9.47 Å². The van der Waals surface area contributed by atoms with Gasteiger partial charge in [-0.15, -0.1) is 22.7 Å². The number of hydrogen-bond donors (Lipinski definition) is 0. The predicted octanol–water partition coefficient (Wildman–Crippen LogP) is 17.0. The second-order valence-electron chi connectivity index (χ2n) is 17.1. The molecule has 0 saturated carbocycles. The maximum absolute atomic E-state index is 6.98. The molecule has 0 unspecified atom stereocenters. The monoisotopic (exact) mass is 918 g/mol. The Hall–Kier alpha value is -6.94. The Bertz CT molecular complexity index is 3210. The molecule has 4 aliphatic heterocycles. The van der Waals surface area contributed by atoms with Gasteiger partial charge in [-0.3, -0.25) is 9.80 Å². The van der Waals surface area contributed by atoms with Crippen LogP contribution in [0.25, 0.3) is 0 Å². The molecule has 1 aliphatic carbocycles. The van der Waals surface area contributed by atoms with Gasteiger partial charge in [-0.05, 0) is 96.1 Å². The second kappa shape index (κ2) is 13.8. The molecule has 8 heteroatoms. The van der Waals surface area contributed by atoms with E-state index in [1.54, 1.807) is 0 Å². The summed E-state index contributed by atoms with van der Waals surface area (Å²) in [6.07, 6.45) is 0. The topological polar surface area (TPSA) is 24.9 Å². The minimum atomic E-state index is -0.769. The maximum atomic E-state index is 6.98. The van der Waals surface area contributed by atoms with E-state index < -0.39 is 10.8 Å². The smallest absolute Gasteiger partial charge is 0.132 e. The molecule has 66 heavy (non-hydrogen) atoms. The molecule has 0 atom stereocenters. The van der Waals surface area contributed by atoms with Crippen molar-refractivity contribution in [3.8, 4) is 23.0 Å². The first kappa shape index (κ1) is 37.3. The summed E-state index contributed by atoms with van der Waals surface area (Å²) in [5, 5.41) is 2.32. The van der Waals surface area contributed by atoms with Crippen LogP contribution in [0.5, 0.6) is 23.0 Å². The molecule has 8 aromatic carbocycles. The van der Waals surface area contributed by atoms with Crippen molar-refractivity contribution in [2.45, 2.75) is 30.4 Å². The van der Waals surface area contributed by atoms with Crippen LogP contribution in [0.4, 0.5) is 32.8 Å². The number of benzene rings is 8. The number of fused-ring (bicyclic) bond motifs is 18. The van der Waals surface area contributed by atoms with Gasteiger partial charge in [-0.1, -0.05) is 145 Å². The fourth-order valence-corrected chi connectivity index (χ4v) is 16.4. The number of para-hydroxylation sites is 8. The lowest BCUT2D eigenvalue weighted by atomic mass is 9.54. The lowest BCUT2D eigenvalue weighted by molar-refractivity contribution is 0.418. The molecule has 6 heterocycles. The van der Waals surface area contributed by atoms with Crippen LogP contribution < -0.4 is 19.3 Å². The summed E-state index contributed by atoms with van der Waals surface area (Å²) in [6, 6.07) is 75.5. The third-order valence-electron chi connectivity index (χ3n) is 13.8. The maximum Gasteiger partial charge on any atom is 0.132 e. The van der Waals surface area contributed by atoms with Crippen molar-refractivity contribution in [3.63, 3.8) is 0 Å². The number of hydrogen-bond acceptors (Lipinski definition) is 8. The molecule has 10 aromatic rings. The zero-order valence-electron chi connectivity index (χ0n) is 35.0. The van der Waals surface area contributed by atoms with Gasteiger partial charge in [0.2, 0.25) is 0 Å². The number of nitrogens with zero attached hydrogens (tertiary/aromatic N) is 2. The summed E-state index contributed by atoms with van der Waals surface area (Å²) in [5.74, 6) is 3.48. The van der Waals surface area contributed by atoms with Crippen LogP contribution in [0, 0.1) is 0 Å². The fourth-order valence-electron chi connectivity index (χ4n) is 11.3. The first-order valence-electron chi connectivity index (χ1n) is 22.1. The number of anilines is 6. The molecule has 0 radical (unpaired) electrons. The fraction of sp³-hybridized carbons (Fsp3) is 0.0345. The van der Waals surface area contributed by atoms with E-state index in [1.165, 1.54) is 63.2 Å². The van der Waals surface area contributed by atoms with Crippen molar-refractivity contribution in [1.29, 1.82) is 0 Å². The molecule has 5 aliphatic rings. The van der Waals surface area contributed by atoms with Gasteiger partial charge in [0.25, 0.3) is 0 Å². The van der Waals surface area contributed by atoms with Gasteiger partial charge in [0, 0.05) is 51.6 Å². The number of thiophene rings is 2. The Labute approximate surface area is 398 Å². The molecule has 0 saturated heterocycles. The van der Waals surface area contributed by atoms with E-state index in [0.29, 0.717) is 0 Å². The molecule has 4 nitrogen and oxygen atoms in total. The molecular formula is C58H34N2O2S4. The summed E-state index contributed by atoms with van der Waals surface area (Å²) in [6.45, 7) is 0. The highest BCUT2D eigenvalue weighted by atomic mass is 32.2. The van der Waals surface area contributed by atoms with Crippen LogP contribution in [0.1, 0.15) is 43.1 Å². The lowest BCUT2D eigenvalue weighted by Crippen LogP contribution is -2.45. The Balaban J connectivity index is 1.13. The molecule has 312 valence electrons. The molecule has 0 N–H and O–H groups in total.